The Kier molecular flexibility index (Phi) is 3.81. The minimum Gasteiger partial charge on any atom is -0.345 e. The van der Waals surface area contributed by atoms with Crippen LogP contribution in [0.4, 0.5) is 4.39 Å². The number of rotatable bonds is 2. The standard InChI is InChI=1S/C14H12ClFN2O/c1-18(2)14(19)12-4-3-5-17-13(12)9-6-10(15)8-11(16)7-9/h3-8H,1-2H3. The molecule has 2 rings (SSSR count). The summed E-state index contributed by atoms with van der Waals surface area (Å²) in [6, 6.07) is 7.42. The molecule has 0 spiro atoms. The van der Waals surface area contributed by atoms with Crippen LogP contribution in [0.5, 0.6) is 0 Å². The molecule has 1 heterocycles. The van der Waals surface area contributed by atoms with Crippen LogP contribution in [0.25, 0.3) is 11.3 Å². The number of nitrogens with zero attached hydrogens (tertiary/aromatic N) is 2. The van der Waals surface area contributed by atoms with Crippen molar-refractivity contribution < 1.29 is 9.18 Å². The lowest BCUT2D eigenvalue weighted by atomic mass is 10.0. The van der Waals surface area contributed by atoms with Gasteiger partial charge in [-0.15, -0.1) is 0 Å². The van der Waals surface area contributed by atoms with Gasteiger partial charge in [0.15, 0.2) is 0 Å². The van der Waals surface area contributed by atoms with E-state index in [1.165, 1.54) is 17.0 Å². The highest BCUT2D eigenvalue weighted by Gasteiger charge is 2.16. The lowest BCUT2D eigenvalue weighted by Crippen LogP contribution is -2.22. The predicted octanol–water partition coefficient (Wildman–Crippen LogP) is 3.24. The van der Waals surface area contributed by atoms with Gasteiger partial charge in [-0.1, -0.05) is 11.6 Å². The topological polar surface area (TPSA) is 33.2 Å². The second-order valence-corrected chi connectivity index (χ2v) is 4.69. The van der Waals surface area contributed by atoms with E-state index in [9.17, 15) is 9.18 Å². The van der Waals surface area contributed by atoms with E-state index in [0.717, 1.165) is 0 Å². The summed E-state index contributed by atoms with van der Waals surface area (Å²) in [5.74, 6) is -0.653. The largest absolute Gasteiger partial charge is 0.345 e. The van der Waals surface area contributed by atoms with Crippen LogP contribution < -0.4 is 0 Å². The van der Waals surface area contributed by atoms with Gasteiger partial charge in [0.1, 0.15) is 5.82 Å². The molecule has 0 N–H and O–H groups in total. The van der Waals surface area contributed by atoms with Crippen LogP contribution >= 0.6 is 11.6 Å². The molecule has 19 heavy (non-hydrogen) atoms. The third kappa shape index (κ3) is 2.90. The molecular formula is C14H12ClFN2O. The number of aromatic nitrogens is 1. The summed E-state index contributed by atoms with van der Waals surface area (Å²) >= 11 is 5.83. The fourth-order valence-electron chi connectivity index (χ4n) is 1.74. The SMILES string of the molecule is CN(C)C(=O)c1cccnc1-c1cc(F)cc(Cl)c1. The van der Waals surface area contributed by atoms with Crippen molar-refractivity contribution in [1.82, 2.24) is 9.88 Å². The molecule has 0 bridgehead atoms. The van der Waals surface area contributed by atoms with Crippen LogP contribution in [0, 0.1) is 5.82 Å². The van der Waals surface area contributed by atoms with Crippen molar-refractivity contribution in [3.05, 3.63) is 52.9 Å². The van der Waals surface area contributed by atoms with Gasteiger partial charge in [-0.3, -0.25) is 9.78 Å². The van der Waals surface area contributed by atoms with Gasteiger partial charge in [0.05, 0.1) is 11.3 Å². The molecule has 0 fully saturated rings. The third-order valence-corrected chi connectivity index (χ3v) is 2.80. The van der Waals surface area contributed by atoms with Crippen LogP contribution in [0.2, 0.25) is 5.02 Å². The van der Waals surface area contributed by atoms with Gasteiger partial charge in [-0.05, 0) is 30.3 Å². The summed E-state index contributed by atoms with van der Waals surface area (Å²) in [6.07, 6.45) is 1.56. The van der Waals surface area contributed by atoms with Crippen molar-refractivity contribution in [3.63, 3.8) is 0 Å². The molecule has 1 aromatic heterocycles. The Morgan fingerprint density at radius 1 is 1.32 bits per heavy atom. The third-order valence-electron chi connectivity index (χ3n) is 2.58. The summed E-state index contributed by atoms with van der Waals surface area (Å²) in [4.78, 5) is 17.7. The van der Waals surface area contributed by atoms with Gasteiger partial charge < -0.3 is 4.90 Å². The number of pyridine rings is 1. The first-order valence-corrected chi connectivity index (χ1v) is 6.00. The monoisotopic (exact) mass is 278 g/mol. The molecule has 0 radical (unpaired) electrons. The van der Waals surface area contributed by atoms with Crippen LogP contribution in [0.1, 0.15) is 10.4 Å². The predicted molar refractivity (Wildman–Crippen MR) is 72.7 cm³/mol. The van der Waals surface area contributed by atoms with Gasteiger partial charge in [0, 0.05) is 30.9 Å². The Labute approximate surface area is 115 Å². The van der Waals surface area contributed by atoms with Crippen molar-refractivity contribution in [2.75, 3.05) is 14.1 Å². The van der Waals surface area contributed by atoms with E-state index in [4.69, 9.17) is 11.6 Å². The highest BCUT2D eigenvalue weighted by atomic mass is 35.5. The van der Waals surface area contributed by atoms with Gasteiger partial charge in [-0.25, -0.2) is 4.39 Å². The quantitative estimate of drug-likeness (QED) is 0.845. The Hall–Kier alpha value is -1.94. The summed E-state index contributed by atoms with van der Waals surface area (Å²) in [5, 5.41) is 0.268. The van der Waals surface area contributed by atoms with E-state index >= 15 is 0 Å². The van der Waals surface area contributed by atoms with Crippen molar-refractivity contribution >= 4 is 17.5 Å². The number of carbonyl (C=O) groups excluding carboxylic acids is 1. The lowest BCUT2D eigenvalue weighted by molar-refractivity contribution is 0.0828. The maximum absolute atomic E-state index is 13.4. The summed E-state index contributed by atoms with van der Waals surface area (Å²) in [6.45, 7) is 0. The minimum atomic E-state index is -0.462. The van der Waals surface area contributed by atoms with Crippen molar-refractivity contribution in [3.8, 4) is 11.3 Å². The molecule has 0 unspecified atom stereocenters. The summed E-state index contributed by atoms with van der Waals surface area (Å²) in [7, 11) is 3.30. The van der Waals surface area contributed by atoms with E-state index in [0.29, 0.717) is 16.8 Å². The molecule has 3 nitrogen and oxygen atoms in total. The first-order valence-electron chi connectivity index (χ1n) is 5.62. The zero-order valence-electron chi connectivity index (χ0n) is 10.5. The molecule has 1 amide bonds. The maximum Gasteiger partial charge on any atom is 0.255 e. The molecule has 0 aliphatic heterocycles. The van der Waals surface area contributed by atoms with Crippen molar-refractivity contribution in [2.45, 2.75) is 0 Å². The zero-order chi connectivity index (χ0) is 14.0. The molecule has 2 aromatic rings. The average Bonchev–Trinajstić information content (AvgIpc) is 2.36. The molecule has 0 aliphatic carbocycles. The molecule has 5 heteroatoms. The highest BCUT2D eigenvalue weighted by molar-refractivity contribution is 6.30. The van der Waals surface area contributed by atoms with Gasteiger partial charge in [0.25, 0.3) is 5.91 Å². The summed E-state index contributed by atoms with van der Waals surface area (Å²) < 4.78 is 13.4. The molecule has 98 valence electrons. The second-order valence-electron chi connectivity index (χ2n) is 4.26. The van der Waals surface area contributed by atoms with Gasteiger partial charge >= 0.3 is 0 Å². The Bertz CT molecular complexity index is 608. The molecule has 0 atom stereocenters. The fraction of sp³-hybridized carbons (Fsp3) is 0.143. The van der Waals surface area contributed by atoms with Crippen LogP contribution in [0.15, 0.2) is 36.5 Å². The smallest absolute Gasteiger partial charge is 0.255 e. The van der Waals surface area contributed by atoms with E-state index in [2.05, 4.69) is 4.98 Å². The van der Waals surface area contributed by atoms with Crippen LogP contribution in [-0.4, -0.2) is 29.9 Å². The lowest BCUT2D eigenvalue weighted by Gasteiger charge is -2.13. The Morgan fingerprint density at radius 2 is 2.05 bits per heavy atom. The first-order chi connectivity index (χ1) is 8.99. The number of carbonyl (C=O) groups is 1. The van der Waals surface area contributed by atoms with Crippen molar-refractivity contribution in [1.29, 1.82) is 0 Å². The number of hydrogen-bond acceptors (Lipinski definition) is 2. The number of amides is 1. The van der Waals surface area contributed by atoms with Crippen LogP contribution in [-0.2, 0) is 0 Å². The normalized spacial score (nSPS) is 10.3. The van der Waals surface area contributed by atoms with E-state index in [-0.39, 0.29) is 10.9 Å². The zero-order valence-corrected chi connectivity index (χ0v) is 11.3. The van der Waals surface area contributed by atoms with Crippen LogP contribution in [0.3, 0.4) is 0 Å². The van der Waals surface area contributed by atoms with Crippen molar-refractivity contribution in [2.24, 2.45) is 0 Å². The fourth-order valence-corrected chi connectivity index (χ4v) is 1.96. The second kappa shape index (κ2) is 5.36. The number of benzene rings is 1. The maximum atomic E-state index is 13.4. The molecule has 0 saturated heterocycles. The molecule has 0 aliphatic rings. The van der Waals surface area contributed by atoms with E-state index < -0.39 is 5.82 Å². The Balaban J connectivity index is 2.59. The molecule has 0 saturated carbocycles. The highest BCUT2D eigenvalue weighted by Crippen LogP contribution is 2.26. The van der Waals surface area contributed by atoms with E-state index in [1.807, 2.05) is 0 Å². The number of hydrogen-bond donors (Lipinski definition) is 0. The van der Waals surface area contributed by atoms with Gasteiger partial charge in [0.2, 0.25) is 0 Å². The molecular weight excluding hydrogens is 267 g/mol. The number of halogens is 2. The van der Waals surface area contributed by atoms with E-state index in [1.54, 1.807) is 38.5 Å². The first kappa shape index (κ1) is 13.5. The Morgan fingerprint density at radius 3 is 2.68 bits per heavy atom. The molecule has 1 aromatic carbocycles. The van der Waals surface area contributed by atoms with Gasteiger partial charge in [-0.2, -0.15) is 0 Å². The summed E-state index contributed by atoms with van der Waals surface area (Å²) in [5.41, 5.74) is 1.31. The minimum absolute atomic E-state index is 0.191. The average molecular weight is 279 g/mol.